The first-order chi connectivity index (χ1) is 8.45. The predicted molar refractivity (Wildman–Crippen MR) is 71.0 cm³/mol. The van der Waals surface area contributed by atoms with Crippen LogP contribution in [0.1, 0.15) is 30.9 Å². The maximum absolute atomic E-state index is 12.2. The fourth-order valence-corrected chi connectivity index (χ4v) is 2.75. The van der Waals surface area contributed by atoms with Crippen molar-refractivity contribution in [2.75, 3.05) is 5.32 Å². The molecule has 0 spiro atoms. The first-order valence-corrected chi connectivity index (χ1v) is 6.26. The highest BCUT2D eigenvalue weighted by Crippen LogP contribution is 2.45. The Labute approximate surface area is 108 Å². The van der Waals surface area contributed by atoms with E-state index in [1.165, 1.54) is 0 Å². The van der Waals surface area contributed by atoms with Crippen LogP contribution in [-0.2, 0) is 4.79 Å². The highest BCUT2D eigenvalue weighted by Gasteiger charge is 2.48. The molecule has 0 unspecified atom stereocenters. The summed E-state index contributed by atoms with van der Waals surface area (Å²) in [5.74, 6) is 0.308. The van der Waals surface area contributed by atoms with Gasteiger partial charge in [0.25, 0.3) is 0 Å². The Balaban J connectivity index is 2.14. The van der Waals surface area contributed by atoms with Crippen molar-refractivity contribution >= 4 is 11.6 Å². The van der Waals surface area contributed by atoms with E-state index in [9.17, 15) is 10.1 Å². The summed E-state index contributed by atoms with van der Waals surface area (Å²) < 4.78 is 0. The van der Waals surface area contributed by atoms with Crippen LogP contribution < -0.4 is 5.32 Å². The highest BCUT2D eigenvalue weighted by molar-refractivity contribution is 5.98. The van der Waals surface area contributed by atoms with E-state index in [0.29, 0.717) is 18.8 Å². The molecule has 1 aliphatic carbocycles. The smallest absolute Gasteiger partial charge is 0.244 e. The van der Waals surface area contributed by atoms with Crippen LogP contribution >= 0.6 is 0 Å². The summed E-state index contributed by atoms with van der Waals surface area (Å²) in [5, 5.41) is 12.1. The molecule has 1 fully saturated rings. The standard InChI is InChI=1S/C15H18N2O/c1-10-4-11(2)6-13(5-10)17-14(18)15(9-16)7-12(3)8-15/h4-6,12H,7-8H2,1-3H3,(H,17,18). The molecule has 1 saturated carbocycles. The minimum atomic E-state index is -0.808. The van der Waals surface area contributed by atoms with E-state index in [1.807, 2.05) is 26.0 Å². The van der Waals surface area contributed by atoms with E-state index in [0.717, 1.165) is 16.8 Å². The highest BCUT2D eigenvalue weighted by atomic mass is 16.2. The topological polar surface area (TPSA) is 52.9 Å². The van der Waals surface area contributed by atoms with Gasteiger partial charge in [-0.05, 0) is 55.9 Å². The zero-order valence-electron chi connectivity index (χ0n) is 11.1. The van der Waals surface area contributed by atoms with E-state index in [-0.39, 0.29) is 5.91 Å². The molecule has 0 aromatic heterocycles. The normalized spacial score (nSPS) is 26.0. The van der Waals surface area contributed by atoms with E-state index in [2.05, 4.69) is 24.4 Å². The lowest BCUT2D eigenvalue weighted by Crippen LogP contribution is -2.45. The Morgan fingerprint density at radius 3 is 2.33 bits per heavy atom. The van der Waals surface area contributed by atoms with Crippen LogP contribution in [0.25, 0.3) is 0 Å². The zero-order chi connectivity index (χ0) is 13.3. The van der Waals surface area contributed by atoms with E-state index in [1.54, 1.807) is 0 Å². The van der Waals surface area contributed by atoms with Crippen molar-refractivity contribution in [1.82, 2.24) is 0 Å². The minimum absolute atomic E-state index is 0.159. The van der Waals surface area contributed by atoms with Gasteiger partial charge in [-0.15, -0.1) is 0 Å². The second-order valence-electron chi connectivity index (χ2n) is 5.54. The molecule has 1 aromatic rings. The van der Waals surface area contributed by atoms with Gasteiger partial charge in [-0.1, -0.05) is 13.0 Å². The summed E-state index contributed by atoms with van der Waals surface area (Å²) in [4.78, 5) is 12.2. The van der Waals surface area contributed by atoms with Gasteiger partial charge in [0.1, 0.15) is 5.41 Å². The van der Waals surface area contributed by atoms with E-state index < -0.39 is 5.41 Å². The van der Waals surface area contributed by atoms with Gasteiger partial charge in [0.05, 0.1) is 6.07 Å². The van der Waals surface area contributed by atoms with Crippen molar-refractivity contribution < 1.29 is 4.79 Å². The third kappa shape index (κ3) is 2.24. The maximum Gasteiger partial charge on any atom is 0.244 e. The van der Waals surface area contributed by atoms with Gasteiger partial charge in [-0.3, -0.25) is 4.79 Å². The third-order valence-corrected chi connectivity index (χ3v) is 3.52. The van der Waals surface area contributed by atoms with Crippen LogP contribution in [0.15, 0.2) is 18.2 Å². The summed E-state index contributed by atoms with van der Waals surface area (Å²) in [7, 11) is 0. The molecule has 0 aliphatic heterocycles. The van der Waals surface area contributed by atoms with Crippen molar-refractivity contribution in [2.45, 2.75) is 33.6 Å². The molecule has 1 N–H and O–H groups in total. The van der Waals surface area contributed by atoms with Crippen LogP contribution in [0, 0.1) is 36.5 Å². The number of nitrogens with zero attached hydrogens (tertiary/aromatic N) is 1. The lowest BCUT2D eigenvalue weighted by atomic mass is 9.63. The van der Waals surface area contributed by atoms with Crippen LogP contribution in [0.5, 0.6) is 0 Å². The van der Waals surface area contributed by atoms with Gasteiger partial charge in [0, 0.05) is 5.69 Å². The summed E-state index contributed by atoms with van der Waals surface area (Å²) in [6, 6.07) is 8.10. The number of nitrogens with one attached hydrogen (secondary N) is 1. The quantitative estimate of drug-likeness (QED) is 0.866. The molecule has 1 aromatic carbocycles. The Kier molecular flexibility index (Phi) is 3.13. The molecule has 3 nitrogen and oxygen atoms in total. The summed E-state index contributed by atoms with van der Waals surface area (Å²) in [6.45, 7) is 6.06. The molecule has 94 valence electrons. The Bertz CT molecular complexity index is 502. The first kappa shape index (κ1) is 12.6. The second-order valence-corrected chi connectivity index (χ2v) is 5.54. The molecular weight excluding hydrogens is 224 g/mol. The van der Waals surface area contributed by atoms with Gasteiger partial charge in [-0.2, -0.15) is 5.26 Å². The lowest BCUT2D eigenvalue weighted by Gasteiger charge is -2.39. The number of rotatable bonds is 2. The first-order valence-electron chi connectivity index (χ1n) is 6.26. The molecule has 0 atom stereocenters. The zero-order valence-corrected chi connectivity index (χ0v) is 11.1. The molecule has 1 aliphatic rings. The number of amides is 1. The maximum atomic E-state index is 12.2. The van der Waals surface area contributed by atoms with Gasteiger partial charge >= 0.3 is 0 Å². The molecule has 2 rings (SSSR count). The predicted octanol–water partition coefficient (Wildman–Crippen LogP) is 3.18. The van der Waals surface area contributed by atoms with Crippen molar-refractivity contribution in [3.63, 3.8) is 0 Å². The van der Waals surface area contributed by atoms with Crippen LogP contribution in [0.4, 0.5) is 5.69 Å². The fourth-order valence-electron chi connectivity index (χ4n) is 2.75. The minimum Gasteiger partial charge on any atom is -0.325 e. The van der Waals surface area contributed by atoms with Crippen molar-refractivity contribution in [1.29, 1.82) is 5.26 Å². The van der Waals surface area contributed by atoms with Crippen molar-refractivity contribution in [3.8, 4) is 6.07 Å². The summed E-state index contributed by atoms with van der Waals surface area (Å²) >= 11 is 0. The Hall–Kier alpha value is -1.82. The number of hydrogen-bond donors (Lipinski definition) is 1. The Morgan fingerprint density at radius 2 is 1.89 bits per heavy atom. The number of carbonyl (C=O) groups excluding carboxylic acids is 1. The van der Waals surface area contributed by atoms with E-state index >= 15 is 0 Å². The molecular formula is C15H18N2O. The van der Waals surface area contributed by atoms with Crippen LogP contribution in [-0.4, -0.2) is 5.91 Å². The van der Waals surface area contributed by atoms with Crippen LogP contribution in [0.3, 0.4) is 0 Å². The average molecular weight is 242 g/mol. The SMILES string of the molecule is Cc1cc(C)cc(NC(=O)C2(C#N)CC(C)C2)c1. The van der Waals surface area contributed by atoms with Crippen molar-refractivity contribution in [2.24, 2.45) is 11.3 Å². The molecule has 0 saturated heterocycles. The van der Waals surface area contributed by atoms with Gasteiger partial charge in [0.2, 0.25) is 5.91 Å². The van der Waals surface area contributed by atoms with E-state index in [4.69, 9.17) is 0 Å². The number of aryl methyl sites for hydroxylation is 2. The van der Waals surface area contributed by atoms with Crippen LogP contribution in [0.2, 0.25) is 0 Å². The van der Waals surface area contributed by atoms with Gasteiger partial charge in [0.15, 0.2) is 0 Å². The molecule has 3 heteroatoms. The molecule has 1 amide bonds. The monoisotopic (exact) mass is 242 g/mol. The van der Waals surface area contributed by atoms with Gasteiger partial charge in [-0.25, -0.2) is 0 Å². The fraction of sp³-hybridized carbons (Fsp3) is 0.467. The lowest BCUT2D eigenvalue weighted by molar-refractivity contribution is -0.128. The molecule has 18 heavy (non-hydrogen) atoms. The molecule has 0 radical (unpaired) electrons. The third-order valence-electron chi connectivity index (χ3n) is 3.52. The average Bonchev–Trinajstić information content (AvgIpc) is 2.22. The summed E-state index contributed by atoms with van der Waals surface area (Å²) in [5.41, 5.74) is 2.19. The number of benzene rings is 1. The Morgan fingerprint density at radius 1 is 1.33 bits per heavy atom. The second kappa shape index (κ2) is 4.45. The number of nitriles is 1. The number of carbonyl (C=O) groups is 1. The van der Waals surface area contributed by atoms with Crippen molar-refractivity contribution in [3.05, 3.63) is 29.3 Å². The van der Waals surface area contributed by atoms with Gasteiger partial charge < -0.3 is 5.32 Å². The molecule has 0 heterocycles. The molecule has 0 bridgehead atoms. The summed E-state index contributed by atoms with van der Waals surface area (Å²) in [6.07, 6.45) is 1.33. The number of anilines is 1. The number of hydrogen-bond acceptors (Lipinski definition) is 2. The largest absolute Gasteiger partial charge is 0.325 e.